The second-order valence-corrected chi connectivity index (χ2v) is 6.45. The van der Waals surface area contributed by atoms with E-state index in [-0.39, 0.29) is 12.2 Å². The molecule has 2 rings (SSSR count). The molecular weight excluding hydrogens is 322 g/mol. The van der Waals surface area contributed by atoms with E-state index in [2.05, 4.69) is 29.8 Å². The Morgan fingerprint density at radius 3 is 2.50 bits per heavy atom. The summed E-state index contributed by atoms with van der Waals surface area (Å²) in [6.45, 7) is 7.09. The van der Waals surface area contributed by atoms with Crippen LogP contribution in [0, 0.1) is 0 Å². The Hall–Kier alpha value is -0.620. The second-order valence-electron chi connectivity index (χ2n) is 5.54. The largest absolute Gasteiger partial charge is 0.491 e. The summed E-state index contributed by atoms with van der Waals surface area (Å²) in [6, 6.07) is 7.64. The fourth-order valence-electron chi connectivity index (χ4n) is 2.67. The van der Waals surface area contributed by atoms with Crippen LogP contribution < -0.4 is 9.64 Å². The van der Waals surface area contributed by atoms with Crippen molar-refractivity contribution in [1.82, 2.24) is 0 Å². The second kappa shape index (κ2) is 7.41. The van der Waals surface area contributed by atoms with E-state index in [0.717, 1.165) is 23.3 Å². The molecule has 0 bridgehead atoms. The summed E-state index contributed by atoms with van der Waals surface area (Å²) >= 11 is 3.38. The van der Waals surface area contributed by atoms with Gasteiger partial charge < -0.3 is 19.5 Å². The van der Waals surface area contributed by atoms with E-state index >= 15 is 0 Å². The van der Waals surface area contributed by atoms with E-state index < -0.39 is 6.10 Å². The van der Waals surface area contributed by atoms with Gasteiger partial charge in [0.05, 0.1) is 0 Å². The maximum absolute atomic E-state index is 10.1. The molecule has 112 valence electrons. The molecule has 5 heteroatoms. The van der Waals surface area contributed by atoms with Crippen LogP contribution in [-0.4, -0.2) is 49.7 Å². The van der Waals surface area contributed by atoms with Gasteiger partial charge in [0, 0.05) is 4.47 Å². The van der Waals surface area contributed by atoms with Gasteiger partial charge in [0.25, 0.3) is 0 Å². The molecule has 1 aliphatic heterocycles. The Bertz CT molecular complexity index is 402. The van der Waals surface area contributed by atoms with Crippen LogP contribution in [0.2, 0.25) is 0 Å². The van der Waals surface area contributed by atoms with E-state index in [9.17, 15) is 5.11 Å². The first-order chi connectivity index (χ1) is 9.52. The molecule has 1 fully saturated rings. The highest BCUT2D eigenvalue weighted by atomic mass is 79.9. The highest BCUT2D eigenvalue weighted by Gasteiger charge is 2.27. The van der Waals surface area contributed by atoms with Crippen LogP contribution in [-0.2, 0) is 4.74 Å². The van der Waals surface area contributed by atoms with Crippen molar-refractivity contribution in [2.75, 3.05) is 26.2 Å². The number of ether oxygens (including phenoxy) is 2. The molecule has 0 aromatic heterocycles. The molecule has 1 heterocycles. The standard InChI is InChI=1S/C15H22BrNO3/c1-11-7-17(8-12(2)20-11)9-14(18)10-19-15-5-3-13(16)4-6-15/h3-6,11-12,14,18H,7-10H2,1-2H3/p+1/t11-,12-,14+/m1/s1. The van der Waals surface area contributed by atoms with Crippen LogP contribution in [0.15, 0.2) is 28.7 Å². The van der Waals surface area contributed by atoms with Gasteiger partial charge in [-0.15, -0.1) is 0 Å². The van der Waals surface area contributed by atoms with E-state index in [1.165, 1.54) is 4.90 Å². The van der Waals surface area contributed by atoms with E-state index in [1.807, 2.05) is 24.3 Å². The number of hydrogen-bond acceptors (Lipinski definition) is 3. The van der Waals surface area contributed by atoms with Gasteiger partial charge in [-0.2, -0.15) is 0 Å². The zero-order chi connectivity index (χ0) is 14.5. The number of benzene rings is 1. The first kappa shape index (κ1) is 15.8. The number of rotatable bonds is 5. The quantitative estimate of drug-likeness (QED) is 0.833. The molecule has 3 atom stereocenters. The van der Waals surface area contributed by atoms with Crippen LogP contribution in [0.4, 0.5) is 0 Å². The first-order valence-electron chi connectivity index (χ1n) is 7.08. The van der Waals surface area contributed by atoms with Crippen molar-refractivity contribution in [3.05, 3.63) is 28.7 Å². The van der Waals surface area contributed by atoms with Crippen molar-refractivity contribution < 1.29 is 19.5 Å². The van der Waals surface area contributed by atoms with Gasteiger partial charge in [-0.25, -0.2) is 0 Å². The minimum atomic E-state index is -0.453. The van der Waals surface area contributed by atoms with Gasteiger partial charge in [-0.1, -0.05) is 15.9 Å². The molecule has 1 aromatic rings. The molecule has 4 nitrogen and oxygen atoms in total. The van der Waals surface area contributed by atoms with Crippen LogP contribution in [0.3, 0.4) is 0 Å². The predicted octanol–water partition coefficient (Wildman–Crippen LogP) is 0.881. The number of halogens is 1. The van der Waals surface area contributed by atoms with Gasteiger partial charge in [-0.05, 0) is 38.1 Å². The molecule has 0 aliphatic carbocycles. The molecule has 1 aromatic carbocycles. The van der Waals surface area contributed by atoms with Crippen LogP contribution in [0.25, 0.3) is 0 Å². The lowest BCUT2D eigenvalue weighted by Crippen LogP contribution is -3.16. The van der Waals surface area contributed by atoms with Crippen molar-refractivity contribution in [2.45, 2.75) is 32.2 Å². The van der Waals surface area contributed by atoms with E-state index in [1.54, 1.807) is 0 Å². The molecule has 0 amide bonds. The van der Waals surface area contributed by atoms with Crippen LogP contribution in [0.1, 0.15) is 13.8 Å². The van der Waals surface area contributed by atoms with Gasteiger partial charge in [0.1, 0.15) is 50.3 Å². The van der Waals surface area contributed by atoms with Crippen molar-refractivity contribution >= 4 is 15.9 Å². The average molecular weight is 345 g/mol. The molecule has 0 saturated carbocycles. The Morgan fingerprint density at radius 1 is 1.30 bits per heavy atom. The lowest BCUT2D eigenvalue weighted by molar-refractivity contribution is -0.918. The fourth-order valence-corrected chi connectivity index (χ4v) is 2.94. The molecule has 2 N–H and O–H groups in total. The third kappa shape index (κ3) is 5.05. The van der Waals surface area contributed by atoms with E-state index in [0.29, 0.717) is 13.2 Å². The Morgan fingerprint density at radius 2 is 1.90 bits per heavy atom. The SMILES string of the molecule is C[C@@H]1C[NH+](C[C@H](O)COc2ccc(Br)cc2)C[C@@H](C)O1. The number of aliphatic hydroxyl groups excluding tert-OH is 1. The summed E-state index contributed by atoms with van der Waals surface area (Å²) in [5, 5.41) is 10.1. The van der Waals surface area contributed by atoms with Gasteiger partial charge >= 0.3 is 0 Å². The molecular formula is C15H23BrNO3+. The minimum absolute atomic E-state index is 0.258. The minimum Gasteiger partial charge on any atom is -0.491 e. The van der Waals surface area contributed by atoms with Crippen molar-refractivity contribution in [1.29, 1.82) is 0 Å². The van der Waals surface area contributed by atoms with Crippen LogP contribution in [0.5, 0.6) is 5.75 Å². The Balaban J connectivity index is 1.74. The van der Waals surface area contributed by atoms with E-state index in [4.69, 9.17) is 9.47 Å². The molecule has 0 spiro atoms. The monoisotopic (exact) mass is 344 g/mol. The zero-order valence-electron chi connectivity index (χ0n) is 12.0. The third-order valence-corrected chi connectivity index (χ3v) is 3.93. The van der Waals surface area contributed by atoms with Crippen molar-refractivity contribution in [2.24, 2.45) is 0 Å². The summed E-state index contributed by atoms with van der Waals surface area (Å²) in [4.78, 5) is 1.38. The summed E-state index contributed by atoms with van der Waals surface area (Å²) in [7, 11) is 0. The number of morpholine rings is 1. The van der Waals surface area contributed by atoms with Gasteiger partial charge in [0.15, 0.2) is 0 Å². The molecule has 1 aliphatic rings. The number of aliphatic hydroxyl groups is 1. The topological polar surface area (TPSA) is 43.1 Å². The number of nitrogens with one attached hydrogen (secondary N) is 1. The van der Waals surface area contributed by atoms with Crippen molar-refractivity contribution in [3.63, 3.8) is 0 Å². The average Bonchev–Trinajstić information content (AvgIpc) is 2.37. The lowest BCUT2D eigenvalue weighted by Gasteiger charge is -2.33. The summed E-state index contributed by atoms with van der Waals surface area (Å²) < 4.78 is 12.3. The third-order valence-electron chi connectivity index (χ3n) is 3.40. The molecule has 0 unspecified atom stereocenters. The number of quaternary nitrogens is 1. The highest BCUT2D eigenvalue weighted by Crippen LogP contribution is 2.16. The smallest absolute Gasteiger partial charge is 0.137 e. The summed E-state index contributed by atoms with van der Waals surface area (Å²) in [5.41, 5.74) is 0. The van der Waals surface area contributed by atoms with Crippen molar-refractivity contribution in [3.8, 4) is 5.75 Å². The molecule has 1 saturated heterocycles. The first-order valence-corrected chi connectivity index (χ1v) is 7.87. The maximum Gasteiger partial charge on any atom is 0.137 e. The van der Waals surface area contributed by atoms with Gasteiger partial charge in [-0.3, -0.25) is 0 Å². The molecule has 20 heavy (non-hydrogen) atoms. The molecule has 0 radical (unpaired) electrons. The van der Waals surface area contributed by atoms with Crippen LogP contribution >= 0.6 is 15.9 Å². The summed E-state index contributed by atoms with van der Waals surface area (Å²) in [6.07, 6.45) is 0.0628. The lowest BCUT2D eigenvalue weighted by atomic mass is 10.2. The maximum atomic E-state index is 10.1. The normalized spacial score (nSPS) is 28.1. The summed E-state index contributed by atoms with van der Waals surface area (Å²) in [5.74, 6) is 0.783. The van der Waals surface area contributed by atoms with Gasteiger partial charge in [0.2, 0.25) is 0 Å². The Kier molecular flexibility index (Phi) is 5.84. The fraction of sp³-hybridized carbons (Fsp3) is 0.600. The Labute approximate surface area is 128 Å². The highest BCUT2D eigenvalue weighted by molar-refractivity contribution is 9.10. The zero-order valence-corrected chi connectivity index (χ0v) is 13.6. The predicted molar refractivity (Wildman–Crippen MR) is 81.2 cm³/mol. The number of hydrogen-bond donors (Lipinski definition) is 2.